The van der Waals surface area contributed by atoms with Gasteiger partial charge in [-0.15, -0.1) is 0 Å². The first kappa shape index (κ1) is 31.0. The lowest BCUT2D eigenvalue weighted by Crippen LogP contribution is -2.50. The number of hydrogen-bond donors (Lipinski definition) is 0. The van der Waals surface area contributed by atoms with E-state index in [0.717, 1.165) is 16.7 Å². The number of ether oxygens (including phenoxy) is 3. The minimum absolute atomic E-state index is 0.158. The molecule has 4 aromatic rings. The van der Waals surface area contributed by atoms with Crippen LogP contribution in [0, 0.1) is 0 Å². The van der Waals surface area contributed by atoms with Gasteiger partial charge >= 0.3 is 0 Å². The van der Waals surface area contributed by atoms with Gasteiger partial charge in [-0.3, -0.25) is 9.59 Å². The van der Waals surface area contributed by atoms with Gasteiger partial charge < -0.3 is 24.0 Å². The molecule has 1 heterocycles. The molecule has 5 rings (SSSR count). The van der Waals surface area contributed by atoms with Gasteiger partial charge in [0.25, 0.3) is 11.8 Å². The number of amides is 2. The fourth-order valence-corrected chi connectivity index (χ4v) is 5.80. The number of piperazine rings is 1. The largest absolute Gasteiger partial charge is 0.493 e. The molecule has 0 unspecified atom stereocenters. The molecule has 1 saturated heterocycles. The lowest BCUT2D eigenvalue weighted by atomic mass is 9.97. The SMILES string of the molecule is COc1cc(/C=C(/C(=O)N2CCN(C(=O)c3c(Cl)cccc3Cl)CC2)c2ccc(-c3ccccc3)cc2)cc(OC)c1OC. The van der Waals surface area contributed by atoms with Crippen LogP contribution in [0.4, 0.5) is 0 Å². The lowest BCUT2D eigenvalue weighted by molar-refractivity contribution is -0.126. The summed E-state index contributed by atoms with van der Waals surface area (Å²) >= 11 is 12.6. The first-order valence-electron chi connectivity index (χ1n) is 14.0. The molecule has 0 saturated carbocycles. The van der Waals surface area contributed by atoms with Gasteiger partial charge in [0.15, 0.2) is 11.5 Å². The molecule has 0 aliphatic carbocycles. The van der Waals surface area contributed by atoms with Crippen LogP contribution in [0.5, 0.6) is 17.2 Å². The van der Waals surface area contributed by atoms with Crippen LogP contribution >= 0.6 is 23.2 Å². The average Bonchev–Trinajstić information content (AvgIpc) is 3.06. The molecular formula is C35H32Cl2N2O5. The fraction of sp³-hybridized carbons (Fsp3) is 0.200. The van der Waals surface area contributed by atoms with Crippen LogP contribution in [-0.2, 0) is 4.79 Å². The summed E-state index contributed by atoms with van der Waals surface area (Å²) in [6, 6.07) is 26.5. The summed E-state index contributed by atoms with van der Waals surface area (Å²) < 4.78 is 16.6. The van der Waals surface area contributed by atoms with E-state index in [4.69, 9.17) is 37.4 Å². The Morgan fingerprint density at radius 3 is 1.77 bits per heavy atom. The number of hydrogen-bond acceptors (Lipinski definition) is 5. The zero-order valence-corrected chi connectivity index (χ0v) is 26.2. The molecule has 1 aliphatic rings. The van der Waals surface area contributed by atoms with Crippen molar-refractivity contribution in [2.45, 2.75) is 0 Å². The maximum atomic E-state index is 14.2. The molecule has 0 bridgehead atoms. The summed E-state index contributed by atoms with van der Waals surface area (Å²) in [7, 11) is 4.65. The maximum absolute atomic E-state index is 14.2. The summed E-state index contributed by atoms with van der Waals surface area (Å²) in [5, 5.41) is 0.603. The van der Waals surface area contributed by atoms with E-state index in [1.165, 1.54) is 0 Å². The summed E-state index contributed by atoms with van der Waals surface area (Å²) in [5.41, 5.74) is 4.35. The Morgan fingerprint density at radius 2 is 1.23 bits per heavy atom. The number of methoxy groups -OCH3 is 3. The highest BCUT2D eigenvalue weighted by Crippen LogP contribution is 2.39. The zero-order chi connectivity index (χ0) is 31.2. The van der Waals surface area contributed by atoms with Crippen molar-refractivity contribution in [1.82, 2.24) is 9.80 Å². The van der Waals surface area contributed by atoms with Crippen molar-refractivity contribution in [2.24, 2.45) is 0 Å². The van der Waals surface area contributed by atoms with Crippen LogP contribution in [0.15, 0.2) is 84.9 Å². The van der Waals surface area contributed by atoms with Crippen molar-refractivity contribution in [2.75, 3.05) is 47.5 Å². The molecule has 44 heavy (non-hydrogen) atoms. The molecule has 1 fully saturated rings. The van der Waals surface area contributed by atoms with Gasteiger partial charge in [-0.25, -0.2) is 0 Å². The molecule has 2 amide bonds. The van der Waals surface area contributed by atoms with Crippen LogP contribution in [0.25, 0.3) is 22.8 Å². The zero-order valence-electron chi connectivity index (χ0n) is 24.7. The standard InChI is InChI=1S/C35H32Cl2N2O5/c1-42-30-21-23(22-31(43-2)33(30)44-3)20-27(26-14-12-25(13-15-26)24-8-5-4-6-9-24)34(40)38-16-18-39(19-17-38)35(41)32-28(36)10-7-11-29(32)37/h4-15,20-22H,16-19H2,1-3H3/b27-20+. The van der Waals surface area contributed by atoms with E-state index in [2.05, 4.69) is 0 Å². The van der Waals surface area contributed by atoms with E-state index in [1.807, 2.05) is 60.7 Å². The number of nitrogens with zero attached hydrogens (tertiary/aromatic N) is 2. The van der Waals surface area contributed by atoms with Gasteiger partial charge in [-0.05, 0) is 52.6 Å². The second-order valence-corrected chi connectivity index (χ2v) is 11.0. The molecule has 0 atom stereocenters. The lowest BCUT2D eigenvalue weighted by Gasteiger charge is -2.35. The van der Waals surface area contributed by atoms with Gasteiger partial charge in [0, 0.05) is 31.8 Å². The summed E-state index contributed by atoms with van der Waals surface area (Å²) in [5.74, 6) is 1.02. The van der Waals surface area contributed by atoms with Crippen molar-refractivity contribution in [3.05, 3.63) is 112 Å². The van der Waals surface area contributed by atoms with Crippen molar-refractivity contribution < 1.29 is 23.8 Å². The predicted octanol–water partition coefficient (Wildman–Crippen LogP) is 7.21. The Bertz CT molecular complexity index is 1640. The molecule has 0 radical (unpaired) electrons. The minimum atomic E-state index is -0.252. The monoisotopic (exact) mass is 630 g/mol. The molecule has 9 heteroatoms. The van der Waals surface area contributed by atoms with Gasteiger partial charge in [0.05, 0.1) is 36.9 Å². The number of benzene rings is 4. The molecule has 0 aromatic heterocycles. The van der Waals surface area contributed by atoms with E-state index >= 15 is 0 Å². The number of carbonyl (C=O) groups is 2. The van der Waals surface area contributed by atoms with Gasteiger partial charge in [-0.2, -0.15) is 0 Å². The molecule has 0 N–H and O–H groups in total. The summed E-state index contributed by atoms with van der Waals surface area (Å²) in [6.07, 6.45) is 1.82. The Labute approximate surface area is 267 Å². The predicted molar refractivity (Wildman–Crippen MR) is 175 cm³/mol. The molecule has 1 aliphatic heterocycles. The highest BCUT2D eigenvalue weighted by Gasteiger charge is 2.29. The van der Waals surface area contributed by atoms with Crippen LogP contribution in [0.1, 0.15) is 21.5 Å². The van der Waals surface area contributed by atoms with Gasteiger partial charge in [-0.1, -0.05) is 83.9 Å². The number of carbonyl (C=O) groups excluding carboxylic acids is 2. The van der Waals surface area contributed by atoms with Gasteiger partial charge in [0.1, 0.15) is 0 Å². The van der Waals surface area contributed by atoms with E-state index in [-0.39, 0.29) is 17.4 Å². The quantitative estimate of drug-likeness (QED) is 0.152. The molecular weight excluding hydrogens is 599 g/mol. The topological polar surface area (TPSA) is 68.3 Å². The Kier molecular flexibility index (Phi) is 9.78. The Morgan fingerprint density at radius 1 is 0.682 bits per heavy atom. The van der Waals surface area contributed by atoms with E-state index < -0.39 is 0 Å². The second kappa shape index (κ2) is 13.9. The van der Waals surface area contributed by atoms with Crippen LogP contribution in [-0.4, -0.2) is 69.1 Å². The van der Waals surface area contributed by atoms with E-state index in [1.54, 1.807) is 61.5 Å². The smallest absolute Gasteiger partial charge is 0.257 e. The third-order valence-corrected chi connectivity index (χ3v) is 8.19. The first-order valence-corrected chi connectivity index (χ1v) is 14.8. The molecule has 226 valence electrons. The highest BCUT2D eigenvalue weighted by atomic mass is 35.5. The van der Waals surface area contributed by atoms with E-state index in [9.17, 15) is 9.59 Å². The molecule has 4 aromatic carbocycles. The number of rotatable bonds is 8. The van der Waals surface area contributed by atoms with Crippen LogP contribution < -0.4 is 14.2 Å². The average molecular weight is 632 g/mol. The van der Waals surface area contributed by atoms with Crippen LogP contribution in [0.2, 0.25) is 10.0 Å². The maximum Gasteiger partial charge on any atom is 0.257 e. The summed E-state index contributed by atoms with van der Waals surface area (Å²) in [4.78, 5) is 30.8. The Balaban J connectivity index is 1.46. The van der Waals surface area contributed by atoms with Gasteiger partial charge in [0.2, 0.25) is 5.75 Å². The molecule has 7 nitrogen and oxygen atoms in total. The highest BCUT2D eigenvalue weighted by molar-refractivity contribution is 6.39. The van der Waals surface area contributed by atoms with Crippen molar-refractivity contribution >= 4 is 46.7 Å². The van der Waals surface area contributed by atoms with Crippen molar-refractivity contribution in [3.63, 3.8) is 0 Å². The third kappa shape index (κ3) is 6.54. The van der Waals surface area contributed by atoms with E-state index in [0.29, 0.717) is 64.6 Å². The normalized spacial score (nSPS) is 13.4. The Hall–Kier alpha value is -4.46. The first-order chi connectivity index (χ1) is 21.3. The molecule has 0 spiro atoms. The minimum Gasteiger partial charge on any atom is -0.493 e. The number of halogens is 2. The third-order valence-electron chi connectivity index (χ3n) is 7.56. The fourth-order valence-electron chi connectivity index (χ4n) is 5.24. The summed E-state index contributed by atoms with van der Waals surface area (Å²) in [6.45, 7) is 1.38. The van der Waals surface area contributed by atoms with Crippen LogP contribution in [0.3, 0.4) is 0 Å². The van der Waals surface area contributed by atoms with Crippen molar-refractivity contribution in [1.29, 1.82) is 0 Å². The van der Waals surface area contributed by atoms with Crippen molar-refractivity contribution in [3.8, 4) is 28.4 Å². The second-order valence-electron chi connectivity index (χ2n) is 10.1.